The number of nitrogens with one attached hydrogen (secondary N) is 1. The molecule has 0 spiro atoms. The Kier molecular flexibility index (Phi) is 6.13. The van der Waals surface area contributed by atoms with E-state index >= 15 is 0 Å². The number of anilines is 1. The number of aromatic nitrogens is 1. The van der Waals surface area contributed by atoms with Gasteiger partial charge in [0.2, 0.25) is 0 Å². The number of pyridine rings is 1. The molecule has 0 saturated heterocycles. The van der Waals surface area contributed by atoms with Crippen LogP contribution in [0.2, 0.25) is 0 Å². The van der Waals surface area contributed by atoms with Gasteiger partial charge in [0, 0.05) is 17.6 Å². The molecule has 0 aliphatic carbocycles. The van der Waals surface area contributed by atoms with Gasteiger partial charge in [-0.1, -0.05) is 19.9 Å². The summed E-state index contributed by atoms with van der Waals surface area (Å²) in [4.78, 5) is 6.80. The molecule has 2 rings (SSSR count). The van der Waals surface area contributed by atoms with Gasteiger partial charge in [-0.05, 0) is 57.6 Å². The van der Waals surface area contributed by atoms with Gasteiger partial charge in [0.1, 0.15) is 5.82 Å². The summed E-state index contributed by atoms with van der Waals surface area (Å²) in [7, 11) is 0. The minimum Gasteiger partial charge on any atom is -0.381 e. The van der Waals surface area contributed by atoms with Crippen LogP contribution in [-0.2, 0) is 0 Å². The van der Waals surface area contributed by atoms with Gasteiger partial charge >= 0.3 is 0 Å². The number of halogens is 1. The second-order valence-electron chi connectivity index (χ2n) is 5.74. The van der Waals surface area contributed by atoms with Gasteiger partial charge in [-0.2, -0.15) is 0 Å². The number of rotatable bonds is 8. The monoisotopic (exact) mass is 303 g/mol. The van der Waals surface area contributed by atoms with Crippen molar-refractivity contribution in [2.75, 3.05) is 25.0 Å². The molecule has 22 heavy (non-hydrogen) atoms. The fraction of sp³-hybridized carbons (Fsp3) is 0.500. The molecular formula is C18H26FN3. The molecule has 120 valence electrons. The first-order valence-corrected chi connectivity index (χ1v) is 8.17. The third-order valence-electron chi connectivity index (χ3n) is 4.08. The van der Waals surface area contributed by atoms with Crippen molar-refractivity contribution in [2.24, 2.45) is 0 Å². The smallest absolute Gasteiger partial charge is 0.126 e. The van der Waals surface area contributed by atoms with Crippen molar-refractivity contribution in [1.29, 1.82) is 0 Å². The lowest BCUT2D eigenvalue weighted by atomic mass is 10.1. The molecule has 1 atom stereocenters. The first-order chi connectivity index (χ1) is 10.6. The zero-order valence-electron chi connectivity index (χ0n) is 13.8. The summed E-state index contributed by atoms with van der Waals surface area (Å²) < 4.78 is 13.7. The average Bonchev–Trinajstić information content (AvgIpc) is 2.51. The van der Waals surface area contributed by atoms with Gasteiger partial charge in [-0.3, -0.25) is 4.98 Å². The van der Waals surface area contributed by atoms with E-state index in [2.05, 4.69) is 36.0 Å². The molecule has 1 heterocycles. The fourth-order valence-corrected chi connectivity index (χ4v) is 2.76. The third-order valence-corrected chi connectivity index (χ3v) is 4.08. The maximum Gasteiger partial charge on any atom is 0.126 e. The standard InChI is InChI=1S/C18H26FN3/c1-4-22(5-2)11-7-8-14(3)21-17-13-16(19)12-15-9-6-10-20-18(15)17/h6,9-10,12-14,21H,4-5,7-8,11H2,1-3H3. The normalized spacial score (nSPS) is 12.8. The van der Waals surface area contributed by atoms with Crippen LogP contribution in [0.5, 0.6) is 0 Å². The largest absolute Gasteiger partial charge is 0.381 e. The van der Waals surface area contributed by atoms with Gasteiger partial charge in [0.25, 0.3) is 0 Å². The number of hydrogen-bond donors (Lipinski definition) is 1. The lowest BCUT2D eigenvalue weighted by Gasteiger charge is -2.20. The third kappa shape index (κ3) is 4.41. The second-order valence-corrected chi connectivity index (χ2v) is 5.74. The van der Waals surface area contributed by atoms with Crippen LogP contribution in [-0.4, -0.2) is 35.6 Å². The van der Waals surface area contributed by atoms with Crippen LogP contribution in [0, 0.1) is 5.82 Å². The Bertz CT molecular complexity index is 596. The minimum atomic E-state index is -0.224. The van der Waals surface area contributed by atoms with Crippen molar-refractivity contribution in [3.8, 4) is 0 Å². The number of nitrogens with zero attached hydrogens (tertiary/aromatic N) is 2. The predicted octanol–water partition coefficient (Wildman–Crippen LogP) is 4.30. The van der Waals surface area contributed by atoms with Gasteiger partial charge in [0.15, 0.2) is 0 Å². The molecule has 1 N–H and O–H groups in total. The van der Waals surface area contributed by atoms with E-state index in [1.165, 1.54) is 12.1 Å². The first-order valence-electron chi connectivity index (χ1n) is 8.17. The highest BCUT2D eigenvalue weighted by atomic mass is 19.1. The van der Waals surface area contributed by atoms with E-state index < -0.39 is 0 Å². The Morgan fingerprint density at radius 3 is 2.77 bits per heavy atom. The average molecular weight is 303 g/mol. The molecule has 0 fully saturated rings. The van der Waals surface area contributed by atoms with Gasteiger partial charge < -0.3 is 10.2 Å². The van der Waals surface area contributed by atoms with Gasteiger partial charge in [0.05, 0.1) is 11.2 Å². The summed E-state index contributed by atoms with van der Waals surface area (Å²) in [6, 6.07) is 7.08. The fourth-order valence-electron chi connectivity index (χ4n) is 2.76. The Hall–Kier alpha value is -1.68. The molecular weight excluding hydrogens is 277 g/mol. The van der Waals surface area contributed by atoms with Crippen LogP contribution in [0.15, 0.2) is 30.5 Å². The Morgan fingerprint density at radius 1 is 1.27 bits per heavy atom. The molecule has 3 nitrogen and oxygen atoms in total. The van der Waals surface area contributed by atoms with Crippen molar-refractivity contribution in [1.82, 2.24) is 9.88 Å². The van der Waals surface area contributed by atoms with Crippen LogP contribution in [0.3, 0.4) is 0 Å². The highest BCUT2D eigenvalue weighted by molar-refractivity contribution is 5.90. The molecule has 0 amide bonds. The second kappa shape index (κ2) is 8.08. The van der Waals surface area contributed by atoms with E-state index in [4.69, 9.17) is 0 Å². The Labute approximate surface area is 132 Å². The summed E-state index contributed by atoms with van der Waals surface area (Å²) in [6.45, 7) is 9.82. The summed E-state index contributed by atoms with van der Waals surface area (Å²) in [5.41, 5.74) is 1.62. The van der Waals surface area contributed by atoms with E-state index in [0.29, 0.717) is 6.04 Å². The van der Waals surface area contributed by atoms with Crippen molar-refractivity contribution in [3.05, 3.63) is 36.3 Å². The maximum atomic E-state index is 13.7. The molecule has 4 heteroatoms. The van der Waals surface area contributed by atoms with E-state index in [0.717, 1.165) is 49.1 Å². The predicted molar refractivity (Wildman–Crippen MR) is 91.8 cm³/mol. The van der Waals surface area contributed by atoms with Crippen LogP contribution >= 0.6 is 0 Å². The zero-order valence-corrected chi connectivity index (χ0v) is 13.8. The van der Waals surface area contributed by atoms with E-state index in [-0.39, 0.29) is 5.82 Å². The number of fused-ring (bicyclic) bond motifs is 1. The highest BCUT2D eigenvalue weighted by Crippen LogP contribution is 2.24. The van der Waals surface area contributed by atoms with Crippen LogP contribution in [0.1, 0.15) is 33.6 Å². The van der Waals surface area contributed by atoms with Gasteiger partial charge in [-0.25, -0.2) is 4.39 Å². The van der Waals surface area contributed by atoms with Crippen LogP contribution in [0.25, 0.3) is 10.9 Å². The molecule has 0 aliphatic heterocycles. The molecule has 1 unspecified atom stereocenters. The van der Waals surface area contributed by atoms with Crippen molar-refractivity contribution < 1.29 is 4.39 Å². The molecule has 2 aromatic rings. The first kappa shape index (κ1) is 16.7. The van der Waals surface area contributed by atoms with Crippen molar-refractivity contribution in [3.63, 3.8) is 0 Å². The molecule has 0 bridgehead atoms. The lowest BCUT2D eigenvalue weighted by molar-refractivity contribution is 0.295. The van der Waals surface area contributed by atoms with Crippen molar-refractivity contribution in [2.45, 2.75) is 39.7 Å². The van der Waals surface area contributed by atoms with E-state index in [1.807, 2.05) is 12.1 Å². The highest BCUT2D eigenvalue weighted by Gasteiger charge is 2.09. The Morgan fingerprint density at radius 2 is 2.05 bits per heavy atom. The SMILES string of the molecule is CCN(CC)CCCC(C)Nc1cc(F)cc2cccnc12. The summed E-state index contributed by atoms with van der Waals surface area (Å²) in [5, 5.41) is 4.25. The molecule has 0 saturated carbocycles. The maximum absolute atomic E-state index is 13.7. The number of hydrogen-bond acceptors (Lipinski definition) is 3. The molecule has 0 aliphatic rings. The minimum absolute atomic E-state index is 0.224. The van der Waals surface area contributed by atoms with Crippen molar-refractivity contribution >= 4 is 16.6 Å². The van der Waals surface area contributed by atoms with E-state index in [9.17, 15) is 4.39 Å². The van der Waals surface area contributed by atoms with E-state index in [1.54, 1.807) is 6.20 Å². The van der Waals surface area contributed by atoms with Crippen LogP contribution < -0.4 is 5.32 Å². The lowest BCUT2D eigenvalue weighted by Crippen LogP contribution is -2.25. The zero-order chi connectivity index (χ0) is 15.9. The molecule has 0 radical (unpaired) electrons. The summed E-state index contributed by atoms with van der Waals surface area (Å²) in [5.74, 6) is -0.224. The van der Waals surface area contributed by atoms with Crippen LogP contribution in [0.4, 0.5) is 10.1 Å². The Balaban J connectivity index is 1.98. The quantitative estimate of drug-likeness (QED) is 0.788. The number of benzene rings is 1. The molecule has 1 aromatic carbocycles. The van der Waals surface area contributed by atoms with Gasteiger partial charge in [-0.15, -0.1) is 0 Å². The molecule has 1 aromatic heterocycles. The topological polar surface area (TPSA) is 28.2 Å². The summed E-state index contributed by atoms with van der Waals surface area (Å²) >= 11 is 0. The summed E-state index contributed by atoms with van der Waals surface area (Å²) in [6.07, 6.45) is 3.94.